The van der Waals surface area contributed by atoms with Crippen LogP contribution in [-0.2, 0) is 6.42 Å². The largest absolute Gasteiger partial charge is 0.327 e. The van der Waals surface area contributed by atoms with E-state index in [1.807, 2.05) is 20.8 Å². The minimum absolute atomic E-state index is 0.151. The summed E-state index contributed by atoms with van der Waals surface area (Å²) in [7, 11) is 0. The summed E-state index contributed by atoms with van der Waals surface area (Å²) >= 11 is 0. The summed E-state index contributed by atoms with van der Waals surface area (Å²) in [5, 5.41) is 10.8. The molecule has 1 atom stereocenters. The van der Waals surface area contributed by atoms with Gasteiger partial charge in [0.1, 0.15) is 5.82 Å². The lowest BCUT2D eigenvalue weighted by Crippen LogP contribution is -2.37. The fraction of sp³-hybridized carbons (Fsp3) is 0.500. The molecule has 1 rings (SSSR count). The first kappa shape index (κ1) is 13.6. The van der Waals surface area contributed by atoms with Gasteiger partial charge in [0.15, 0.2) is 0 Å². The Morgan fingerprint density at radius 1 is 1.47 bits per heavy atom. The lowest BCUT2D eigenvalue weighted by Gasteiger charge is -2.26. The fourth-order valence-electron chi connectivity index (χ4n) is 1.42. The Bertz CT molecular complexity index is 427. The van der Waals surface area contributed by atoms with Crippen LogP contribution in [0.25, 0.3) is 0 Å². The molecule has 0 saturated carbocycles. The molecule has 0 aromatic heterocycles. The maximum atomic E-state index is 12.9. The van der Waals surface area contributed by atoms with Crippen molar-refractivity contribution in [2.24, 2.45) is 11.1 Å². The zero-order valence-electron chi connectivity index (χ0n) is 10.2. The van der Waals surface area contributed by atoms with Crippen LogP contribution in [-0.4, -0.2) is 11.0 Å². The molecule has 4 nitrogen and oxygen atoms in total. The number of nitro benzene ring substituents is 1. The van der Waals surface area contributed by atoms with Crippen LogP contribution in [0.2, 0.25) is 0 Å². The Balaban J connectivity index is 3.03. The van der Waals surface area contributed by atoms with Gasteiger partial charge >= 0.3 is 0 Å². The number of hydrogen-bond donors (Lipinski definition) is 1. The molecule has 1 aromatic rings. The van der Waals surface area contributed by atoms with Gasteiger partial charge in [0.2, 0.25) is 0 Å². The van der Waals surface area contributed by atoms with Crippen molar-refractivity contribution in [2.45, 2.75) is 33.2 Å². The Morgan fingerprint density at radius 2 is 2.06 bits per heavy atom. The Kier molecular flexibility index (Phi) is 3.83. The van der Waals surface area contributed by atoms with E-state index in [1.165, 1.54) is 12.1 Å². The van der Waals surface area contributed by atoms with Gasteiger partial charge in [0.05, 0.1) is 11.0 Å². The third-order valence-electron chi connectivity index (χ3n) is 2.80. The average molecular weight is 240 g/mol. The number of nitro groups is 1. The van der Waals surface area contributed by atoms with Crippen LogP contribution in [0.4, 0.5) is 10.1 Å². The Labute approximate surface area is 99.8 Å². The second-order valence-corrected chi connectivity index (χ2v) is 5.21. The molecule has 0 spiro atoms. The highest BCUT2D eigenvalue weighted by molar-refractivity contribution is 5.41. The molecule has 0 saturated heterocycles. The maximum Gasteiger partial charge on any atom is 0.275 e. The molecule has 0 amide bonds. The Morgan fingerprint density at radius 3 is 2.53 bits per heavy atom. The van der Waals surface area contributed by atoms with Crippen molar-refractivity contribution in [3.8, 4) is 0 Å². The summed E-state index contributed by atoms with van der Waals surface area (Å²) in [6.45, 7) is 5.90. The summed E-state index contributed by atoms with van der Waals surface area (Å²) in [5.74, 6) is -0.607. The number of halogens is 1. The lowest BCUT2D eigenvalue weighted by molar-refractivity contribution is -0.385. The topological polar surface area (TPSA) is 69.2 Å². The number of hydrogen-bond acceptors (Lipinski definition) is 3. The van der Waals surface area contributed by atoms with Gasteiger partial charge in [-0.3, -0.25) is 10.1 Å². The normalized spacial score (nSPS) is 13.5. The standard InChI is InChI=1S/C12H17FN2O2/c1-12(2,3)11(14)6-8-4-5-9(13)7-10(8)15(16)17/h4-5,7,11H,6,14H2,1-3H3. The van der Waals surface area contributed by atoms with Gasteiger partial charge in [-0.2, -0.15) is 0 Å². The van der Waals surface area contributed by atoms with E-state index >= 15 is 0 Å². The van der Waals surface area contributed by atoms with Gasteiger partial charge in [0, 0.05) is 11.6 Å². The molecule has 0 fully saturated rings. The number of benzene rings is 1. The molecule has 94 valence electrons. The summed E-state index contributed by atoms with van der Waals surface area (Å²) in [5.41, 5.74) is 6.09. The third-order valence-corrected chi connectivity index (χ3v) is 2.80. The van der Waals surface area contributed by atoms with Gasteiger partial charge in [0.25, 0.3) is 5.69 Å². The van der Waals surface area contributed by atoms with Gasteiger partial charge in [-0.05, 0) is 24.0 Å². The molecule has 0 heterocycles. The zero-order chi connectivity index (χ0) is 13.2. The van der Waals surface area contributed by atoms with E-state index in [4.69, 9.17) is 5.73 Å². The number of nitrogens with zero attached hydrogens (tertiary/aromatic N) is 1. The van der Waals surface area contributed by atoms with Gasteiger partial charge in [-0.25, -0.2) is 4.39 Å². The molecular formula is C12H17FN2O2. The second-order valence-electron chi connectivity index (χ2n) is 5.21. The van der Waals surface area contributed by atoms with E-state index in [0.717, 1.165) is 6.07 Å². The number of rotatable bonds is 3. The molecule has 1 aromatic carbocycles. The summed E-state index contributed by atoms with van der Waals surface area (Å²) < 4.78 is 12.9. The van der Waals surface area contributed by atoms with Crippen LogP contribution in [0.1, 0.15) is 26.3 Å². The molecule has 0 radical (unpaired) electrons. The van der Waals surface area contributed by atoms with Gasteiger partial charge < -0.3 is 5.73 Å². The zero-order valence-corrected chi connectivity index (χ0v) is 10.2. The predicted molar refractivity (Wildman–Crippen MR) is 64.2 cm³/mol. The second kappa shape index (κ2) is 4.79. The lowest BCUT2D eigenvalue weighted by atomic mass is 9.83. The quantitative estimate of drug-likeness (QED) is 0.652. The summed E-state index contributed by atoms with van der Waals surface area (Å²) in [4.78, 5) is 10.2. The molecule has 17 heavy (non-hydrogen) atoms. The van der Waals surface area contributed by atoms with Crippen molar-refractivity contribution in [3.63, 3.8) is 0 Å². The summed E-state index contributed by atoms with van der Waals surface area (Å²) in [6, 6.07) is 3.37. The molecule has 1 unspecified atom stereocenters. The number of nitrogens with two attached hydrogens (primary N) is 1. The average Bonchev–Trinajstić information content (AvgIpc) is 2.18. The van der Waals surface area contributed by atoms with E-state index in [2.05, 4.69) is 0 Å². The molecule has 0 aliphatic carbocycles. The first-order valence-corrected chi connectivity index (χ1v) is 5.40. The van der Waals surface area contributed by atoms with Crippen LogP contribution >= 0.6 is 0 Å². The highest BCUT2D eigenvalue weighted by atomic mass is 19.1. The third kappa shape index (κ3) is 3.49. The van der Waals surface area contributed by atoms with Crippen molar-refractivity contribution < 1.29 is 9.31 Å². The summed E-state index contributed by atoms with van der Waals surface area (Å²) in [6.07, 6.45) is 0.361. The van der Waals surface area contributed by atoms with E-state index in [9.17, 15) is 14.5 Å². The van der Waals surface area contributed by atoms with E-state index < -0.39 is 10.7 Å². The van der Waals surface area contributed by atoms with Crippen LogP contribution in [0.3, 0.4) is 0 Å². The van der Waals surface area contributed by atoms with Crippen LogP contribution in [0.15, 0.2) is 18.2 Å². The molecule has 0 bridgehead atoms. The van der Waals surface area contributed by atoms with Gasteiger partial charge in [-0.15, -0.1) is 0 Å². The first-order chi connectivity index (χ1) is 7.71. The van der Waals surface area contributed by atoms with Crippen molar-refractivity contribution in [3.05, 3.63) is 39.7 Å². The predicted octanol–water partition coefficient (Wildman–Crippen LogP) is 2.65. The molecule has 0 aliphatic rings. The van der Waals surface area contributed by atoms with E-state index in [-0.39, 0.29) is 17.1 Å². The smallest absolute Gasteiger partial charge is 0.275 e. The molecule has 5 heteroatoms. The molecular weight excluding hydrogens is 223 g/mol. The van der Waals surface area contributed by atoms with Crippen molar-refractivity contribution >= 4 is 5.69 Å². The highest BCUT2D eigenvalue weighted by Crippen LogP contribution is 2.26. The first-order valence-electron chi connectivity index (χ1n) is 5.40. The van der Waals surface area contributed by atoms with E-state index in [0.29, 0.717) is 12.0 Å². The minimum atomic E-state index is -0.607. The maximum absolute atomic E-state index is 12.9. The molecule has 0 aliphatic heterocycles. The van der Waals surface area contributed by atoms with Crippen molar-refractivity contribution in [1.82, 2.24) is 0 Å². The monoisotopic (exact) mass is 240 g/mol. The minimum Gasteiger partial charge on any atom is -0.327 e. The van der Waals surface area contributed by atoms with Crippen molar-refractivity contribution in [2.75, 3.05) is 0 Å². The SMILES string of the molecule is CC(C)(C)C(N)Cc1ccc(F)cc1[N+](=O)[O-]. The Hall–Kier alpha value is -1.49. The highest BCUT2D eigenvalue weighted by Gasteiger charge is 2.24. The fourth-order valence-corrected chi connectivity index (χ4v) is 1.42. The molecule has 2 N–H and O–H groups in total. The van der Waals surface area contributed by atoms with E-state index in [1.54, 1.807) is 0 Å². The van der Waals surface area contributed by atoms with Crippen LogP contribution < -0.4 is 5.73 Å². The van der Waals surface area contributed by atoms with Crippen LogP contribution in [0.5, 0.6) is 0 Å². The van der Waals surface area contributed by atoms with Crippen LogP contribution in [0, 0.1) is 21.3 Å². The van der Waals surface area contributed by atoms with Crippen molar-refractivity contribution in [1.29, 1.82) is 0 Å². The van der Waals surface area contributed by atoms with Gasteiger partial charge in [-0.1, -0.05) is 20.8 Å².